The van der Waals surface area contributed by atoms with E-state index in [1.54, 1.807) is 0 Å². The summed E-state index contributed by atoms with van der Waals surface area (Å²) in [5, 5.41) is 6.50. The first-order chi connectivity index (χ1) is 6.38. The van der Waals surface area contributed by atoms with Gasteiger partial charge in [-0.2, -0.15) is 5.10 Å². The Morgan fingerprint density at radius 3 is 2.62 bits per heavy atom. The van der Waals surface area contributed by atoms with Gasteiger partial charge in [-0.05, 0) is 5.56 Å². The monoisotopic (exact) mass is 174 g/mol. The summed E-state index contributed by atoms with van der Waals surface area (Å²) in [6, 6.07) is 9.57. The van der Waals surface area contributed by atoms with Crippen LogP contribution in [0.3, 0.4) is 0 Å². The number of nitrogens with one attached hydrogen (secondary N) is 1. The Kier molecular flexibility index (Phi) is 2.06. The van der Waals surface area contributed by atoms with Crippen LogP contribution < -0.4 is 5.73 Å². The van der Waals surface area contributed by atoms with Crippen LogP contribution in [0.1, 0.15) is 17.4 Å². The molecule has 0 bridgehead atoms. The molecule has 1 atom stereocenters. The highest BCUT2D eigenvalue weighted by atomic mass is 15.2. The maximum atomic E-state index is 5.93. The Balaban J connectivity index is 2.29. The maximum absolute atomic E-state index is 5.93. The molecule has 4 nitrogen and oxygen atoms in total. The fourth-order valence-electron chi connectivity index (χ4n) is 1.18. The van der Waals surface area contributed by atoms with Crippen LogP contribution in [0, 0.1) is 0 Å². The Bertz CT molecular complexity index is 354. The van der Waals surface area contributed by atoms with E-state index in [4.69, 9.17) is 5.73 Å². The fraction of sp³-hybridized carbons (Fsp3) is 0.111. The lowest BCUT2D eigenvalue weighted by Crippen LogP contribution is -2.13. The summed E-state index contributed by atoms with van der Waals surface area (Å²) in [7, 11) is 0. The van der Waals surface area contributed by atoms with Crippen LogP contribution in [-0.4, -0.2) is 15.2 Å². The molecule has 0 aliphatic carbocycles. The Hall–Kier alpha value is -1.68. The van der Waals surface area contributed by atoms with Crippen LogP contribution in [0.2, 0.25) is 0 Å². The van der Waals surface area contributed by atoms with Crippen LogP contribution in [0.4, 0.5) is 0 Å². The molecule has 13 heavy (non-hydrogen) atoms. The van der Waals surface area contributed by atoms with E-state index in [-0.39, 0.29) is 6.04 Å². The van der Waals surface area contributed by atoms with Gasteiger partial charge in [0.1, 0.15) is 12.2 Å². The predicted molar refractivity (Wildman–Crippen MR) is 48.9 cm³/mol. The number of benzene rings is 1. The molecule has 3 N–H and O–H groups in total. The van der Waals surface area contributed by atoms with Gasteiger partial charge in [0, 0.05) is 0 Å². The van der Waals surface area contributed by atoms with Crippen LogP contribution in [0.15, 0.2) is 36.7 Å². The molecule has 0 amide bonds. The summed E-state index contributed by atoms with van der Waals surface area (Å²) in [4.78, 5) is 4.00. The number of nitrogens with zero attached hydrogens (tertiary/aromatic N) is 2. The van der Waals surface area contributed by atoms with Crippen molar-refractivity contribution < 1.29 is 0 Å². The Morgan fingerprint density at radius 2 is 2.00 bits per heavy atom. The highest BCUT2D eigenvalue weighted by Gasteiger charge is 2.09. The summed E-state index contributed by atoms with van der Waals surface area (Å²) in [6.45, 7) is 0. The Morgan fingerprint density at radius 1 is 1.23 bits per heavy atom. The molecule has 0 spiro atoms. The summed E-state index contributed by atoms with van der Waals surface area (Å²) in [5.74, 6) is 0.686. The first-order valence-electron chi connectivity index (χ1n) is 4.03. The molecular formula is C9H10N4. The zero-order chi connectivity index (χ0) is 9.10. The summed E-state index contributed by atoms with van der Waals surface area (Å²) in [5.41, 5.74) is 6.95. The van der Waals surface area contributed by atoms with Gasteiger partial charge in [-0.25, -0.2) is 4.98 Å². The molecule has 2 aromatic rings. The average molecular weight is 174 g/mol. The standard InChI is InChI=1S/C9H10N4/c10-8(9-11-6-12-13-9)7-4-2-1-3-5-7/h1-6,8H,10H2,(H,11,12,13)/t8-/m1/s1. The summed E-state index contributed by atoms with van der Waals surface area (Å²) < 4.78 is 0. The first kappa shape index (κ1) is 7.94. The largest absolute Gasteiger partial charge is 0.318 e. The lowest BCUT2D eigenvalue weighted by atomic mass is 10.1. The van der Waals surface area contributed by atoms with E-state index in [2.05, 4.69) is 15.2 Å². The van der Waals surface area contributed by atoms with Crippen molar-refractivity contribution in [3.8, 4) is 0 Å². The van der Waals surface area contributed by atoms with Gasteiger partial charge in [-0.1, -0.05) is 30.3 Å². The molecule has 0 unspecified atom stereocenters. The third-order valence-corrected chi connectivity index (χ3v) is 1.89. The second-order valence-corrected chi connectivity index (χ2v) is 2.76. The smallest absolute Gasteiger partial charge is 0.145 e. The molecule has 0 fully saturated rings. The van der Waals surface area contributed by atoms with Crippen LogP contribution in [-0.2, 0) is 0 Å². The normalized spacial score (nSPS) is 12.7. The van der Waals surface area contributed by atoms with Gasteiger partial charge in [-0.3, -0.25) is 5.10 Å². The number of aromatic amines is 1. The van der Waals surface area contributed by atoms with Crippen molar-refractivity contribution in [1.29, 1.82) is 0 Å². The lowest BCUT2D eigenvalue weighted by molar-refractivity contribution is 0.787. The van der Waals surface area contributed by atoms with Crippen molar-refractivity contribution in [2.75, 3.05) is 0 Å². The van der Waals surface area contributed by atoms with Gasteiger partial charge >= 0.3 is 0 Å². The average Bonchev–Trinajstić information content (AvgIpc) is 2.71. The van der Waals surface area contributed by atoms with E-state index in [1.165, 1.54) is 6.33 Å². The second kappa shape index (κ2) is 3.37. The van der Waals surface area contributed by atoms with Crippen molar-refractivity contribution in [3.05, 3.63) is 48.0 Å². The maximum Gasteiger partial charge on any atom is 0.145 e. The quantitative estimate of drug-likeness (QED) is 0.709. The number of hydrogen-bond acceptors (Lipinski definition) is 3. The minimum Gasteiger partial charge on any atom is -0.318 e. The van der Waals surface area contributed by atoms with E-state index >= 15 is 0 Å². The number of aromatic nitrogens is 3. The number of H-pyrrole nitrogens is 1. The number of nitrogens with two attached hydrogens (primary N) is 1. The van der Waals surface area contributed by atoms with E-state index in [0.29, 0.717) is 5.82 Å². The number of rotatable bonds is 2. The molecule has 2 rings (SSSR count). The minimum atomic E-state index is -0.219. The van der Waals surface area contributed by atoms with Gasteiger partial charge in [0.2, 0.25) is 0 Å². The van der Waals surface area contributed by atoms with Gasteiger partial charge in [0.15, 0.2) is 0 Å². The van der Waals surface area contributed by atoms with Crippen molar-refractivity contribution in [2.45, 2.75) is 6.04 Å². The molecule has 1 aromatic carbocycles. The van der Waals surface area contributed by atoms with Gasteiger partial charge < -0.3 is 5.73 Å². The van der Waals surface area contributed by atoms with Crippen molar-refractivity contribution >= 4 is 0 Å². The second-order valence-electron chi connectivity index (χ2n) is 2.76. The first-order valence-corrected chi connectivity index (χ1v) is 4.03. The molecule has 0 saturated heterocycles. The lowest BCUT2D eigenvalue weighted by Gasteiger charge is -2.07. The third-order valence-electron chi connectivity index (χ3n) is 1.89. The topological polar surface area (TPSA) is 67.6 Å². The zero-order valence-corrected chi connectivity index (χ0v) is 7.01. The highest BCUT2D eigenvalue weighted by Crippen LogP contribution is 2.13. The predicted octanol–water partition coefficient (Wildman–Crippen LogP) is 0.853. The van der Waals surface area contributed by atoms with E-state index < -0.39 is 0 Å². The SMILES string of the molecule is N[C@H](c1ccccc1)c1ncn[nH]1. The van der Waals surface area contributed by atoms with E-state index in [0.717, 1.165) is 5.56 Å². The number of hydrogen-bond donors (Lipinski definition) is 2. The highest BCUT2D eigenvalue weighted by molar-refractivity contribution is 5.23. The van der Waals surface area contributed by atoms with E-state index in [9.17, 15) is 0 Å². The molecule has 66 valence electrons. The minimum absolute atomic E-state index is 0.219. The molecule has 0 aliphatic rings. The van der Waals surface area contributed by atoms with Gasteiger partial charge in [0.25, 0.3) is 0 Å². The van der Waals surface area contributed by atoms with Gasteiger partial charge in [0.05, 0.1) is 6.04 Å². The molecule has 0 aliphatic heterocycles. The van der Waals surface area contributed by atoms with Crippen LogP contribution >= 0.6 is 0 Å². The third kappa shape index (κ3) is 1.57. The fourth-order valence-corrected chi connectivity index (χ4v) is 1.18. The van der Waals surface area contributed by atoms with E-state index in [1.807, 2.05) is 30.3 Å². The van der Waals surface area contributed by atoms with Crippen molar-refractivity contribution in [1.82, 2.24) is 15.2 Å². The summed E-state index contributed by atoms with van der Waals surface area (Å²) >= 11 is 0. The Labute approximate surface area is 75.8 Å². The van der Waals surface area contributed by atoms with Gasteiger partial charge in [-0.15, -0.1) is 0 Å². The van der Waals surface area contributed by atoms with Crippen LogP contribution in [0.25, 0.3) is 0 Å². The van der Waals surface area contributed by atoms with Crippen molar-refractivity contribution in [3.63, 3.8) is 0 Å². The molecule has 1 aromatic heterocycles. The molecule has 0 saturated carbocycles. The van der Waals surface area contributed by atoms with Crippen LogP contribution in [0.5, 0.6) is 0 Å². The zero-order valence-electron chi connectivity index (χ0n) is 7.01. The summed E-state index contributed by atoms with van der Waals surface area (Å²) in [6.07, 6.45) is 1.46. The molecule has 4 heteroatoms. The molecular weight excluding hydrogens is 164 g/mol. The molecule has 1 heterocycles. The molecule has 0 radical (unpaired) electrons. The van der Waals surface area contributed by atoms with Crippen molar-refractivity contribution in [2.24, 2.45) is 5.73 Å².